The van der Waals surface area contributed by atoms with Crippen molar-refractivity contribution in [1.82, 2.24) is 4.72 Å². The van der Waals surface area contributed by atoms with E-state index in [1.165, 1.54) is 6.07 Å². The summed E-state index contributed by atoms with van der Waals surface area (Å²) in [5.41, 5.74) is 6.13. The van der Waals surface area contributed by atoms with Crippen LogP contribution >= 0.6 is 22.9 Å². The summed E-state index contributed by atoms with van der Waals surface area (Å²) < 4.78 is 28.4. The number of aryl methyl sites for hydroxylation is 1. The Hall–Kier alpha value is -1.41. The van der Waals surface area contributed by atoms with Crippen molar-refractivity contribution < 1.29 is 13.2 Å². The maximum absolute atomic E-state index is 12.8. The lowest BCUT2D eigenvalue weighted by atomic mass is 10.0. The zero-order chi connectivity index (χ0) is 17.5. The molecule has 1 aliphatic carbocycles. The third-order valence-electron chi connectivity index (χ3n) is 4.01. The molecule has 0 saturated heterocycles. The van der Waals surface area contributed by atoms with Gasteiger partial charge in [0.1, 0.15) is 0 Å². The maximum atomic E-state index is 12.8. The highest BCUT2D eigenvalue weighted by molar-refractivity contribution is 7.89. The summed E-state index contributed by atoms with van der Waals surface area (Å²) in [5, 5.41) is 0.607. The lowest BCUT2D eigenvalue weighted by molar-refractivity contribution is 0.100. The number of nitrogens with two attached hydrogens (primary N) is 1. The molecule has 24 heavy (non-hydrogen) atoms. The van der Waals surface area contributed by atoms with Crippen molar-refractivity contribution in [2.45, 2.75) is 30.7 Å². The van der Waals surface area contributed by atoms with Crippen LogP contribution in [0.15, 0.2) is 35.2 Å². The number of hydrogen-bond acceptors (Lipinski definition) is 4. The fourth-order valence-electron chi connectivity index (χ4n) is 2.62. The van der Waals surface area contributed by atoms with Crippen LogP contribution in [0.1, 0.15) is 39.0 Å². The van der Waals surface area contributed by atoms with E-state index in [4.69, 9.17) is 17.3 Å². The molecule has 128 valence electrons. The number of hydrogen-bond donors (Lipinski definition) is 2. The minimum Gasteiger partial charge on any atom is -0.365 e. The summed E-state index contributed by atoms with van der Waals surface area (Å²) >= 11 is 7.00. The Bertz CT molecular complexity index is 871. The molecular weight excluding hydrogens is 368 g/mol. The summed E-state index contributed by atoms with van der Waals surface area (Å²) in [4.78, 5) is 12.2. The molecule has 0 unspecified atom stereocenters. The first kappa shape index (κ1) is 17.4. The predicted molar refractivity (Wildman–Crippen MR) is 94.8 cm³/mol. The van der Waals surface area contributed by atoms with Crippen molar-refractivity contribution in [3.05, 3.63) is 50.7 Å². The summed E-state index contributed by atoms with van der Waals surface area (Å²) in [6.07, 6.45) is 1.95. The van der Waals surface area contributed by atoms with Gasteiger partial charge in [-0.05, 0) is 49.4 Å². The number of nitrogens with one attached hydrogen (secondary N) is 1. The van der Waals surface area contributed by atoms with Crippen LogP contribution in [0.25, 0.3) is 0 Å². The van der Waals surface area contributed by atoms with Crippen molar-refractivity contribution in [2.75, 3.05) is 0 Å². The van der Waals surface area contributed by atoms with Crippen LogP contribution < -0.4 is 10.5 Å². The molecule has 1 fully saturated rings. The Labute approximate surface area is 149 Å². The normalized spacial score (nSPS) is 16.1. The first-order chi connectivity index (χ1) is 11.3. The molecule has 1 amide bonds. The maximum Gasteiger partial charge on any atom is 0.258 e. The van der Waals surface area contributed by atoms with E-state index in [1.807, 2.05) is 12.1 Å². The van der Waals surface area contributed by atoms with E-state index in [9.17, 15) is 13.2 Å². The molecule has 0 radical (unpaired) electrons. The fourth-order valence-corrected chi connectivity index (χ4v) is 5.48. The fraction of sp³-hybridized carbons (Fsp3) is 0.312. The molecule has 2 aromatic rings. The molecule has 5 nitrogen and oxygen atoms in total. The lowest BCUT2D eigenvalue weighted by Gasteiger charge is -2.19. The van der Waals surface area contributed by atoms with Crippen LogP contribution in [0, 0.1) is 12.8 Å². The van der Waals surface area contributed by atoms with Crippen LogP contribution in [-0.2, 0) is 10.0 Å². The van der Waals surface area contributed by atoms with E-state index in [0.29, 0.717) is 9.90 Å². The monoisotopic (exact) mass is 384 g/mol. The smallest absolute Gasteiger partial charge is 0.258 e. The molecule has 3 rings (SSSR count). The zero-order valence-corrected chi connectivity index (χ0v) is 15.3. The van der Waals surface area contributed by atoms with E-state index < -0.39 is 15.9 Å². The Balaban J connectivity index is 1.91. The molecule has 1 aliphatic rings. The van der Waals surface area contributed by atoms with Gasteiger partial charge in [0, 0.05) is 15.9 Å². The molecule has 1 atom stereocenters. The molecule has 1 aromatic carbocycles. The molecule has 0 aliphatic heterocycles. The highest BCUT2D eigenvalue weighted by Gasteiger charge is 2.36. The second kappa shape index (κ2) is 6.48. The number of rotatable bonds is 6. The quantitative estimate of drug-likeness (QED) is 0.801. The molecule has 0 bridgehead atoms. The number of thiophene rings is 1. The Morgan fingerprint density at radius 2 is 1.96 bits per heavy atom. The van der Waals surface area contributed by atoms with Crippen LogP contribution in [0.5, 0.6) is 0 Å². The van der Waals surface area contributed by atoms with Gasteiger partial charge in [-0.1, -0.05) is 23.7 Å². The summed E-state index contributed by atoms with van der Waals surface area (Å²) in [7, 11) is -3.75. The van der Waals surface area contributed by atoms with Crippen molar-refractivity contribution >= 4 is 38.9 Å². The molecule has 1 saturated carbocycles. The lowest BCUT2D eigenvalue weighted by Crippen LogP contribution is -2.30. The van der Waals surface area contributed by atoms with E-state index in [2.05, 4.69) is 4.72 Å². The van der Waals surface area contributed by atoms with Crippen LogP contribution in [-0.4, -0.2) is 14.3 Å². The number of sulfonamides is 1. The third-order valence-corrected chi connectivity index (χ3v) is 7.02. The summed E-state index contributed by atoms with van der Waals surface area (Å²) in [6, 6.07) is 8.22. The SMILES string of the molecule is Cc1sc(C(N)=O)cc1S(=O)(=O)N[C@H](c1ccc(Cl)cc1)C1CC1. The highest BCUT2D eigenvalue weighted by Crippen LogP contribution is 2.42. The number of benzene rings is 1. The van der Waals surface area contributed by atoms with E-state index in [-0.39, 0.29) is 21.7 Å². The second-order valence-electron chi connectivity index (χ2n) is 5.88. The van der Waals surface area contributed by atoms with Crippen molar-refractivity contribution in [1.29, 1.82) is 0 Å². The molecule has 3 N–H and O–H groups in total. The summed E-state index contributed by atoms with van der Waals surface area (Å²) in [6.45, 7) is 1.67. The van der Waals surface area contributed by atoms with Gasteiger partial charge < -0.3 is 5.73 Å². The minimum atomic E-state index is -3.75. The van der Waals surface area contributed by atoms with Gasteiger partial charge in [0.05, 0.1) is 9.77 Å². The van der Waals surface area contributed by atoms with Gasteiger partial charge in [-0.3, -0.25) is 4.79 Å². The molecule has 8 heteroatoms. The molecule has 1 aromatic heterocycles. The van der Waals surface area contributed by atoms with E-state index >= 15 is 0 Å². The van der Waals surface area contributed by atoms with Gasteiger partial charge in [0.15, 0.2) is 0 Å². The Morgan fingerprint density at radius 1 is 1.33 bits per heavy atom. The number of carbonyl (C=O) groups is 1. The molecule has 1 heterocycles. The Morgan fingerprint density at radius 3 is 2.46 bits per heavy atom. The number of amides is 1. The van der Waals surface area contributed by atoms with Crippen LogP contribution in [0.3, 0.4) is 0 Å². The first-order valence-electron chi connectivity index (χ1n) is 7.46. The van der Waals surface area contributed by atoms with E-state index in [0.717, 1.165) is 29.7 Å². The van der Waals surface area contributed by atoms with E-state index in [1.54, 1.807) is 19.1 Å². The van der Waals surface area contributed by atoms with Crippen molar-refractivity contribution in [3.8, 4) is 0 Å². The summed E-state index contributed by atoms with van der Waals surface area (Å²) in [5.74, 6) is -0.350. The predicted octanol–water partition coefficient (Wildman–Crippen LogP) is 3.24. The van der Waals surface area contributed by atoms with Gasteiger partial charge in [-0.25, -0.2) is 13.1 Å². The number of halogens is 1. The number of primary amides is 1. The highest BCUT2D eigenvalue weighted by atomic mass is 35.5. The number of carbonyl (C=O) groups excluding carboxylic acids is 1. The second-order valence-corrected chi connectivity index (χ2v) is 9.26. The van der Waals surface area contributed by atoms with Gasteiger partial charge >= 0.3 is 0 Å². The molecule has 0 spiro atoms. The first-order valence-corrected chi connectivity index (χ1v) is 10.1. The minimum absolute atomic E-state index is 0.112. The average molecular weight is 385 g/mol. The Kier molecular flexibility index (Phi) is 4.70. The van der Waals surface area contributed by atoms with Gasteiger partial charge in [0.25, 0.3) is 5.91 Å². The largest absolute Gasteiger partial charge is 0.365 e. The van der Waals surface area contributed by atoms with Gasteiger partial charge in [-0.2, -0.15) is 0 Å². The molecular formula is C16H17ClN2O3S2. The van der Waals surface area contributed by atoms with Crippen LogP contribution in [0.4, 0.5) is 0 Å². The van der Waals surface area contributed by atoms with Gasteiger partial charge in [-0.15, -0.1) is 11.3 Å². The van der Waals surface area contributed by atoms with Crippen molar-refractivity contribution in [2.24, 2.45) is 11.7 Å². The third kappa shape index (κ3) is 3.64. The standard InChI is InChI=1S/C16H17ClN2O3S2/c1-9-14(8-13(23-9)16(18)20)24(21,22)19-15(10-2-3-10)11-4-6-12(17)7-5-11/h4-8,10,15,19H,2-3H2,1H3,(H2,18,20)/t15-/m0/s1. The topological polar surface area (TPSA) is 89.3 Å². The zero-order valence-electron chi connectivity index (χ0n) is 13.0. The average Bonchev–Trinajstić information content (AvgIpc) is 3.27. The van der Waals surface area contributed by atoms with Crippen LogP contribution in [0.2, 0.25) is 5.02 Å². The van der Waals surface area contributed by atoms with Gasteiger partial charge in [0.2, 0.25) is 10.0 Å². The van der Waals surface area contributed by atoms with Crippen molar-refractivity contribution in [3.63, 3.8) is 0 Å².